The van der Waals surface area contributed by atoms with Gasteiger partial charge in [0.1, 0.15) is 12.4 Å². The van der Waals surface area contributed by atoms with Crippen molar-refractivity contribution in [3.63, 3.8) is 0 Å². The van der Waals surface area contributed by atoms with Crippen LogP contribution in [0.4, 0.5) is 0 Å². The van der Waals surface area contributed by atoms with Gasteiger partial charge in [-0.25, -0.2) is 0 Å². The number of rotatable bonds is 6. The first-order valence-electron chi connectivity index (χ1n) is 9.23. The summed E-state index contributed by atoms with van der Waals surface area (Å²) in [7, 11) is 0. The van der Waals surface area contributed by atoms with Crippen LogP contribution in [0, 0.1) is 12.3 Å². The first kappa shape index (κ1) is 18.5. The Morgan fingerprint density at radius 3 is 2.77 bits per heavy atom. The van der Waals surface area contributed by atoms with Crippen LogP contribution in [0.5, 0.6) is 5.75 Å². The van der Waals surface area contributed by atoms with Crippen LogP contribution in [0.2, 0.25) is 0 Å². The van der Waals surface area contributed by atoms with Gasteiger partial charge in [-0.2, -0.15) is 0 Å². The Morgan fingerprint density at radius 1 is 1.23 bits per heavy atom. The monoisotopic (exact) mass is 352 g/mol. The van der Waals surface area contributed by atoms with Crippen molar-refractivity contribution in [2.45, 2.75) is 33.3 Å². The van der Waals surface area contributed by atoms with E-state index in [9.17, 15) is 4.79 Å². The van der Waals surface area contributed by atoms with Gasteiger partial charge in [0.05, 0.1) is 6.42 Å². The average Bonchev–Trinajstić information content (AvgIpc) is 3.05. The lowest BCUT2D eigenvalue weighted by Gasteiger charge is -2.22. The van der Waals surface area contributed by atoms with Gasteiger partial charge >= 0.3 is 0 Å². The van der Waals surface area contributed by atoms with Gasteiger partial charge in [-0.3, -0.25) is 4.79 Å². The number of likely N-dealkylation sites (tertiary alicyclic amines) is 1. The van der Waals surface area contributed by atoms with Crippen LogP contribution in [0.25, 0.3) is 0 Å². The van der Waals surface area contributed by atoms with E-state index in [1.807, 2.05) is 41.3 Å². The summed E-state index contributed by atoms with van der Waals surface area (Å²) in [5, 5.41) is 0. The van der Waals surface area contributed by atoms with E-state index in [1.165, 1.54) is 11.1 Å². The Balaban J connectivity index is 1.59. The molecule has 4 nitrogen and oxygen atoms in total. The molecule has 0 aromatic heterocycles. The second kappa shape index (κ2) is 7.92. The summed E-state index contributed by atoms with van der Waals surface area (Å²) in [5.41, 5.74) is 9.28. The molecule has 1 saturated heterocycles. The zero-order valence-corrected chi connectivity index (χ0v) is 15.7. The number of ether oxygens (including phenoxy) is 1. The third-order valence-corrected chi connectivity index (χ3v) is 5.31. The highest BCUT2D eigenvalue weighted by Gasteiger charge is 2.34. The molecule has 0 saturated carbocycles. The van der Waals surface area contributed by atoms with Gasteiger partial charge in [-0.05, 0) is 54.1 Å². The molecule has 1 aliphatic heterocycles. The van der Waals surface area contributed by atoms with Crippen LogP contribution in [0.3, 0.4) is 0 Å². The average molecular weight is 352 g/mol. The zero-order chi connectivity index (χ0) is 18.6. The second-order valence-electron chi connectivity index (χ2n) is 7.62. The lowest BCUT2D eigenvalue weighted by Crippen LogP contribution is -2.35. The van der Waals surface area contributed by atoms with Crippen molar-refractivity contribution in [1.29, 1.82) is 0 Å². The van der Waals surface area contributed by atoms with Crippen LogP contribution in [0.15, 0.2) is 48.5 Å². The molecule has 0 aliphatic carbocycles. The van der Waals surface area contributed by atoms with Crippen molar-refractivity contribution >= 4 is 5.91 Å². The molecule has 2 aromatic carbocycles. The molecule has 4 heteroatoms. The van der Waals surface area contributed by atoms with Crippen LogP contribution in [-0.4, -0.2) is 30.4 Å². The summed E-state index contributed by atoms with van der Waals surface area (Å²) in [5.74, 6) is 0.963. The highest BCUT2D eigenvalue weighted by Crippen LogP contribution is 2.29. The molecule has 1 amide bonds. The van der Waals surface area contributed by atoms with E-state index >= 15 is 0 Å². The number of nitrogens with zero attached hydrogens (tertiary/aromatic N) is 1. The highest BCUT2D eigenvalue weighted by molar-refractivity contribution is 5.79. The summed E-state index contributed by atoms with van der Waals surface area (Å²) in [6.45, 7) is 6.95. The molecule has 0 spiro atoms. The van der Waals surface area contributed by atoms with Crippen LogP contribution < -0.4 is 10.5 Å². The molecule has 26 heavy (non-hydrogen) atoms. The van der Waals surface area contributed by atoms with Crippen molar-refractivity contribution in [3.8, 4) is 5.75 Å². The first-order chi connectivity index (χ1) is 12.5. The Kier molecular flexibility index (Phi) is 5.62. The van der Waals surface area contributed by atoms with Crippen molar-refractivity contribution in [3.05, 3.63) is 65.2 Å². The van der Waals surface area contributed by atoms with E-state index in [0.29, 0.717) is 19.6 Å². The van der Waals surface area contributed by atoms with Gasteiger partial charge in [0, 0.05) is 13.1 Å². The molecule has 1 aliphatic rings. The molecule has 3 rings (SSSR count). The minimum absolute atomic E-state index is 0.0637. The molecule has 1 heterocycles. The number of aryl methyl sites for hydroxylation is 1. The van der Waals surface area contributed by atoms with Crippen molar-refractivity contribution in [2.24, 2.45) is 11.1 Å². The maximum atomic E-state index is 12.6. The summed E-state index contributed by atoms with van der Waals surface area (Å²) < 4.78 is 5.93. The summed E-state index contributed by atoms with van der Waals surface area (Å²) in [6.07, 6.45) is 1.39. The Morgan fingerprint density at radius 2 is 2.04 bits per heavy atom. The molecule has 1 unspecified atom stereocenters. The van der Waals surface area contributed by atoms with Gasteiger partial charge < -0.3 is 15.4 Å². The first-order valence-corrected chi connectivity index (χ1v) is 9.23. The Labute approximate surface area is 156 Å². The zero-order valence-electron chi connectivity index (χ0n) is 15.7. The van der Waals surface area contributed by atoms with Gasteiger partial charge in [-0.1, -0.05) is 43.3 Å². The van der Waals surface area contributed by atoms with Gasteiger partial charge in [0.2, 0.25) is 5.91 Å². The molecular formula is C22H28N2O2. The standard InChI is InChI=1S/C22H28N2O2/c1-17-6-3-4-8-19(17)14-26-20-9-5-7-18(12-20)13-21(25)24-11-10-22(2,15-23)16-24/h3-9,12H,10-11,13-16,23H2,1-2H3. The summed E-state index contributed by atoms with van der Waals surface area (Å²) in [6, 6.07) is 16.0. The molecule has 1 fully saturated rings. The van der Waals surface area contributed by atoms with E-state index in [4.69, 9.17) is 10.5 Å². The fraction of sp³-hybridized carbons (Fsp3) is 0.409. The smallest absolute Gasteiger partial charge is 0.227 e. The van der Waals surface area contributed by atoms with Crippen molar-refractivity contribution in [2.75, 3.05) is 19.6 Å². The van der Waals surface area contributed by atoms with Crippen molar-refractivity contribution in [1.82, 2.24) is 4.90 Å². The minimum atomic E-state index is 0.0637. The number of amides is 1. The molecule has 2 aromatic rings. The molecule has 1 atom stereocenters. The molecule has 0 bridgehead atoms. The number of benzene rings is 2. The largest absolute Gasteiger partial charge is 0.489 e. The summed E-state index contributed by atoms with van der Waals surface area (Å²) >= 11 is 0. The van der Waals surface area contributed by atoms with E-state index in [2.05, 4.69) is 26.0 Å². The third kappa shape index (κ3) is 4.44. The fourth-order valence-electron chi connectivity index (χ4n) is 3.37. The second-order valence-corrected chi connectivity index (χ2v) is 7.62. The number of carbonyl (C=O) groups is 1. The van der Waals surface area contributed by atoms with Crippen molar-refractivity contribution < 1.29 is 9.53 Å². The van der Waals surface area contributed by atoms with Gasteiger partial charge in [0.15, 0.2) is 0 Å². The number of hydrogen-bond donors (Lipinski definition) is 1. The Bertz CT molecular complexity index is 774. The van der Waals surface area contributed by atoms with E-state index in [0.717, 1.165) is 30.8 Å². The van der Waals surface area contributed by atoms with Crippen LogP contribution >= 0.6 is 0 Å². The molecule has 138 valence electrons. The number of hydrogen-bond acceptors (Lipinski definition) is 3. The third-order valence-electron chi connectivity index (χ3n) is 5.31. The normalized spacial score (nSPS) is 19.6. The van der Waals surface area contributed by atoms with Gasteiger partial charge in [0.25, 0.3) is 0 Å². The number of carbonyl (C=O) groups excluding carboxylic acids is 1. The molecule has 0 radical (unpaired) electrons. The fourth-order valence-corrected chi connectivity index (χ4v) is 3.37. The topological polar surface area (TPSA) is 55.6 Å². The maximum absolute atomic E-state index is 12.6. The minimum Gasteiger partial charge on any atom is -0.489 e. The predicted octanol–water partition coefficient (Wildman–Crippen LogP) is 3.31. The quantitative estimate of drug-likeness (QED) is 0.868. The molecule has 2 N–H and O–H groups in total. The lowest BCUT2D eigenvalue weighted by molar-refractivity contribution is -0.129. The Hall–Kier alpha value is -2.33. The van der Waals surface area contributed by atoms with Crippen LogP contribution in [-0.2, 0) is 17.8 Å². The predicted molar refractivity (Wildman–Crippen MR) is 104 cm³/mol. The van der Waals surface area contributed by atoms with E-state index in [1.54, 1.807) is 0 Å². The van der Waals surface area contributed by atoms with E-state index in [-0.39, 0.29) is 11.3 Å². The summed E-state index contributed by atoms with van der Waals surface area (Å²) in [4.78, 5) is 14.5. The van der Waals surface area contributed by atoms with Crippen LogP contribution in [0.1, 0.15) is 30.0 Å². The SMILES string of the molecule is Cc1ccccc1COc1cccc(CC(=O)N2CCC(C)(CN)C2)c1. The lowest BCUT2D eigenvalue weighted by atomic mass is 9.90. The molecular weight excluding hydrogens is 324 g/mol. The van der Waals surface area contributed by atoms with E-state index < -0.39 is 0 Å². The highest BCUT2D eigenvalue weighted by atomic mass is 16.5. The van der Waals surface area contributed by atoms with Gasteiger partial charge in [-0.15, -0.1) is 0 Å². The maximum Gasteiger partial charge on any atom is 0.227 e. The number of nitrogens with two attached hydrogens (primary N) is 1.